The summed E-state index contributed by atoms with van der Waals surface area (Å²) in [4.78, 5) is 1.56. The molecule has 2 atom stereocenters. The lowest BCUT2D eigenvalue weighted by Gasteiger charge is -2.13. The minimum absolute atomic E-state index is 0.616. The number of thiophene rings is 1. The molecule has 0 amide bonds. The zero-order chi connectivity index (χ0) is 7.84. The Labute approximate surface area is 71.4 Å². The lowest BCUT2D eigenvalue weighted by atomic mass is 10.1. The fourth-order valence-electron chi connectivity index (χ4n) is 1.93. The van der Waals surface area contributed by atoms with Crippen molar-refractivity contribution in [3.05, 3.63) is 21.9 Å². The largest absolute Gasteiger partial charge is 0.312 e. The van der Waals surface area contributed by atoms with E-state index in [9.17, 15) is 0 Å². The molecule has 1 N–H and O–H groups in total. The quantitative estimate of drug-likeness (QED) is 0.676. The number of nitrogens with one attached hydrogen (secondary N) is 1. The maximum atomic E-state index is 3.37. The summed E-state index contributed by atoms with van der Waals surface area (Å²) in [5, 5.41) is 5.56. The Morgan fingerprint density at radius 2 is 2.45 bits per heavy atom. The van der Waals surface area contributed by atoms with Gasteiger partial charge in [-0.1, -0.05) is 6.92 Å². The van der Waals surface area contributed by atoms with Gasteiger partial charge in [-0.15, -0.1) is 11.3 Å². The van der Waals surface area contributed by atoms with E-state index in [-0.39, 0.29) is 0 Å². The normalized spacial score (nSPS) is 28.9. The minimum atomic E-state index is 0.616. The highest BCUT2D eigenvalue weighted by Gasteiger charge is 2.28. The topological polar surface area (TPSA) is 12.0 Å². The Hall–Kier alpha value is -0.340. The number of fused-ring (bicyclic) bond motifs is 1. The van der Waals surface area contributed by atoms with Crippen molar-refractivity contribution < 1.29 is 0 Å². The van der Waals surface area contributed by atoms with E-state index in [1.807, 2.05) is 11.3 Å². The average Bonchev–Trinajstić information content (AvgIpc) is 2.46. The van der Waals surface area contributed by atoms with Crippen LogP contribution in [0.3, 0.4) is 0 Å². The molecular formula is C9H13NS. The average molecular weight is 167 g/mol. The monoisotopic (exact) mass is 167 g/mol. The summed E-state index contributed by atoms with van der Waals surface area (Å²) in [6, 6.07) is 2.87. The molecule has 2 heteroatoms. The van der Waals surface area contributed by atoms with Crippen LogP contribution in [0.15, 0.2) is 11.4 Å². The predicted octanol–water partition coefficient (Wildman–Crippen LogP) is 2.20. The zero-order valence-electron chi connectivity index (χ0n) is 6.92. The molecule has 0 bridgehead atoms. The number of rotatable bonds is 1. The van der Waals surface area contributed by atoms with Gasteiger partial charge in [0.05, 0.1) is 0 Å². The van der Waals surface area contributed by atoms with Crippen molar-refractivity contribution >= 4 is 11.3 Å². The van der Waals surface area contributed by atoms with E-state index in [1.54, 1.807) is 10.4 Å². The molecule has 0 saturated carbocycles. The van der Waals surface area contributed by atoms with Crippen molar-refractivity contribution in [2.24, 2.45) is 5.92 Å². The fraction of sp³-hybridized carbons (Fsp3) is 0.556. The predicted molar refractivity (Wildman–Crippen MR) is 49.0 cm³/mol. The van der Waals surface area contributed by atoms with Gasteiger partial charge in [0.25, 0.3) is 0 Å². The number of hydrogen-bond acceptors (Lipinski definition) is 2. The molecule has 0 saturated heterocycles. The molecule has 1 nitrogen and oxygen atoms in total. The van der Waals surface area contributed by atoms with Crippen molar-refractivity contribution in [3.63, 3.8) is 0 Å². The molecule has 1 aliphatic rings. The summed E-state index contributed by atoms with van der Waals surface area (Å²) in [6.45, 7) is 2.31. The second-order valence-electron chi connectivity index (χ2n) is 3.26. The van der Waals surface area contributed by atoms with Gasteiger partial charge in [-0.25, -0.2) is 0 Å². The van der Waals surface area contributed by atoms with Crippen LogP contribution in [0.2, 0.25) is 0 Å². The molecule has 0 aromatic carbocycles. The first-order valence-corrected chi connectivity index (χ1v) is 4.94. The van der Waals surface area contributed by atoms with Crippen molar-refractivity contribution in [1.82, 2.24) is 5.32 Å². The van der Waals surface area contributed by atoms with E-state index < -0.39 is 0 Å². The first kappa shape index (κ1) is 7.32. The van der Waals surface area contributed by atoms with Gasteiger partial charge in [-0.05, 0) is 36.4 Å². The zero-order valence-corrected chi connectivity index (χ0v) is 7.74. The van der Waals surface area contributed by atoms with E-state index in [4.69, 9.17) is 0 Å². The van der Waals surface area contributed by atoms with Gasteiger partial charge in [0, 0.05) is 10.9 Å². The second-order valence-corrected chi connectivity index (χ2v) is 4.21. The van der Waals surface area contributed by atoms with Gasteiger partial charge in [-0.2, -0.15) is 0 Å². The Morgan fingerprint density at radius 1 is 1.64 bits per heavy atom. The van der Waals surface area contributed by atoms with Crippen LogP contribution in [-0.4, -0.2) is 7.05 Å². The summed E-state index contributed by atoms with van der Waals surface area (Å²) in [6.07, 6.45) is 1.25. The third-order valence-corrected chi connectivity index (χ3v) is 3.53. The molecule has 2 rings (SSSR count). The summed E-state index contributed by atoms with van der Waals surface area (Å²) < 4.78 is 0. The minimum Gasteiger partial charge on any atom is -0.312 e. The van der Waals surface area contributed by atoms with Crippen LogP contribution in [0.1, 0.15) is 23.4 Å². The molecule has 0 aliphatic heterocycles. The van der Waals surface area contributed by atoms with Gasteiger partial charge in [-0.3, -0.25) is 0 Å². The Bertz CT molecular complexity index is 254. The van der Waals surface area contributed by atoms with Crippen LogP contribution in [0, 0.1) is 5.92 Å². The van der Waals surface area contributed by atoms with Crippen molar-refractivity contribution in [3.8, 4) is 0 Å². The van der Waals surface area contributed by atoms with Gasteiger partial charge < -0.3 is 5.32 Å². The SMILES string of the molecule is CNC1c2sccc2CC1C. The highest BCUT2D eigenvalue weighted by molar-refractivity contribution is 7.10. The molecule has 0 spiro atoms. The van der Waals surface area contributed by atoms with Gasteiger partial charge in [0.15, 0.2) is 0 Å². The van der Waals surface area contributed by atoms with Crippen LogP contribution in [0.4, 0.5) is 0 Å². The van der Waals surface area contributed by atoms with E-state index in [0.717, 1.165) is 5.92 Å². The van der Waals surface area contributed by atoms with Gasteiger partial charge in [0.1, 0.15) is 0 Å². The van der Waals surface area contributed by atoms with Crippen LogP contribution in [0.25, 0.3) is 0 Å². The van der Waals surface area contributed by atoms with Gasteiger partial charge in [0.2, 0.25) is 0 Å². The molecule has 1 aliphatic carbocycles. The molecule has 0 radical (unpaired) electrons. The van der Waals surface area contributed by atoms with Crippen molar-refractivity contribution in [1.29, 1.82) is 0 Å². The Kier molecular flexibility index (Phi) is 1.74. The molecule has 2 unspecified atom stereocenters. The molecule has 11 heavy (non-hydrogen) atoms. The first-order chi connectivity index (χ1) is 5.33. The van der Waals surface area contributed by atoms with Crippen molar-refractivity contribution in [2.75, 3.05) is 7.05 Å². The first-order valence-electron chi connectivity index (χ1n) is 4.06. The summed E-state index contributed by atoms with van der Waals surface area (Å²) in [5.74, 6) is 0.780. The standard InChI is InChI=1S/C9H13NS/c1-6-5-7-3-4-11-9(7)8(6)10-2/h3-4,6,8,10H,5H2,1-2H3. The molecule has 1 aromatic heterocycles. The van der Waals surface area contributed by atoms with Crippen LogP contribution < -0.4 is 5.32 Å². The second kappa shape index (κ2) is 2.61. The summed E-state index contributed by atoms with van der Waals surface area (Å²) in [5.41, 5.74) is 1.56. The highest BCUT2D eigenvalue weighted by atomic mass is 32.1. The lowest BCUT2D eigenvalue weighted by Crippen LogP contribution is -2.18. The third kappa shape index (κ3) is 1.01. The summed E-state index contributed by atoms with van der Waals surface area (Å²) >= 11 is 1.89. The van der Waals surface area contributed by atoms with E-state index in [1.165, 1.54) is 6.42 Å². The smallest absolute Gasteiger partial charge is 0.0444 e. The lowest BCUT2D eigenvalue weighted by molar-refractivity contribution is 0.450. The molecule has 0 fully saturated rings. The maximum Gasteiger partial charge on any atom is 0.0444 e. The van der Waals surface area contributed by atoms with E-state index >= 15 is 0 Å². The summed E-state index contributed by atoms with van der Waals surface area (Å²) in [7, 11) is 2.05. The Balaban J connectivity index is 2.35. The maximum absolute atomic E-state index is 3.37. The molecule has 1 aromatic rings. The van der Waals surface area contributed by atoms with Crippen LogP contribution >= 0.6 is 11.3 Å². The number of hydrogen-bond donors (Lipinski definition) is 1. The van der Waals surface area contributed by atoms with Crippen LogP contribution in [-0.2, 0) is 6.42 Å². The fourth-order valence-corrected chi connectivity index (χ4v) is 3.11. The van der Waals surface area contributed by atoms with Crippen LogP contribution in [0.5, 0.6) is 0 Å². The molecule has 1 heterocycles. The third-order valence-electron chi connectivity index (χ3n) is 2.49. The Morgan fingerprint density at radius 3 is 3.18 bits per heavy atom. The van der Waals surface area contributed by atoms with Gasteiger partial charge >= 0.3 is 0 Å². The van der Waals surface area contributed by atoms with E-state index in [2.05, 4.69) is 30.7 Å². The molecular weight excluding hydrogens is 154 g/mol. The highest BCUT2D eigenvalue weighted by Crippen LogP contribution is 2.38. The van der Waals surface area contributed by atoms with E-state index in [0.29, 0.717) is 6.04 Å². The van der Waals surface area contributed by atoms with Crippen molar-refractivity contribution in [2.45, 2.75) is 19.4 Å². The molecule has 60 valence electrons.